The van der Waals surface area contributed by atoms with Gasteiger partial charge in [0.1, 0.15) is 0 Å². The zero-order valence-electron chi connectivity index (χ0n) is 12.0. The van der Waals surface area contributed by atoms with E-state index in [0.29, 0.717) is 23.7 Å². The Bertz CT molecular complexity index is 502. The van der Waals surface area contributed by atoms with Gasteiger partial charge in [0.2, 0.25) is 0 Å². The number of amides is 1. The highest BCUT2D eigenvalue weighted by Gasteiger charge is 2.14. The summed E-state index contributed by atoms with van der Waals surface area (Å²) < 4.78 is 10.5. The van der Waals surface area contributed by atoms with E-state index < -0.39 is 12.1 Å². The van der Waals surface area contributed by atoms with E-state index in [9.17, 15) is 9.59 Å². The number of ether oxygens (including phenoxy) is 2. The molecule has 1 aromatic carbocycles. The third-order valence-corrected chi connectivity index (χ3v) is 2.71. The van der Waals surface area contributed by atoms with E-state index in [0.717, 1.165) is 0 Å². The second-order valence-corrected chi connectivity index (χ2v) is 4.20. The summed E-state index contributed by atoms with van der Waals surface area (Å²) in [5, 5.41) is 20.2. The highest BCUT2D eigenvalue weighted by molar-refractivity contribution is 5.94. The fraction of sp³-hybridized carbons (Fsp3) is 0.429. The Labute approximate surface area is 122 Å². The summed E-state index contributed by atoms with van der Waals surface area (Å²) in [7, 11) is 1.50. The van der Waals surface area contributed by atoms with Crippen molar-refractivity contribution in [1.29, 1.82) is 0 Å². The van der Waals surface area contributed by atoms with Gasteiger partial charge in [-0.1, -0.05) is 0 Å². The molecule has 0 spiro atoms. The summed E-state index contributed by atoms with van der Waals surface area (Å²) in [5.41, 5.74) is 0.365. The standard InChI is InChI=1S/C14H19NO6/c1-3-21-12-8-9(4-5-11(12)20-2)13(17)15-7-6-10(16)14(18)19/h4-5,8,10,16H,3,6-7H2,1-2H3,(H,15,17)(H,18,19)/t10-/m0/s1. The molecule has 7 heteroatoms. The molecule has 0 aromatic heterocycles. The Morgan fingerprint density at radius 2 is 2.05 bits per heavy atom. The number of rotatable bonds is 8. The Hall–Kier alpha value is -2.28. The number of nitrogens with one attached hydrogen (secondary N) is 1. The minimum absolute atomic E-state index is 0.0578. The Balaban J connectivity index is 2.65. The van der Waals surface area contributed by atoms with Crippen LogP contribution in [0.15, 0.2) is 18.2 Å². The molecule has 7 nitrogen and oxygen atoms in total. The van der Waals surface area contributed by atoms with E-state index in [-0.39, 0.29) is 18.9 Å². The molecular weight excluding hydrogens is 278 g/mol. The average molecular weight is 297 g/mol. The molecule has 0 bridgehead atoms. The zero-order chi connectivity index (χ0) is 15.8. The first-order valence-corrected chi connectivity index (χ1v) is 6.49. The molecule has 0 fully saturated rings. The normalized spacial score (nSPS) is 11.6. The summed E-state index contributed by atoms with van der Waals surface area (Å²) in [5.74, 6) is -0.712. The summed E-state index contributed by atoms with van der Waals surface area (Å²) in [6.45, 7) is 2.31. The van der Waals surface area contributed by atoms with Crippen molar-refractivity contribution < 1.29 is 29.3 Å². The van der Waals surface area contributed by atoms with Crippen LogP contribution < -0.4 is 14.8 Å². The van der Waals surface area contributed by atoms with Gasteiger partial charge in [0.05, 0.1) is 13.7 Å². The van der Waals surface area contributed by atoms with Gasteiger partial charge in [-0.05, 0) is 25.1 Å². The molecule has 0 saturated heterocycles. The Morgan fingerprint density at radius 3 is 2.62 bits per heavy atom. The van der Waals surface area contributed by atoms with Crippen LogP contribution in [0.3, 0.4) is 0 Å². The summed E-state index contributed by atoms with van der Waals surface area (Å²) in [4.78, 5) is 22.4. The van der Waals surface area contributed by atoms with Crippen LogP contribution in [0.5, 0.6) is 11.5 Å². The van der Waals surface area contributed by atoms with Gasteiger partial charge in [-0.25, -0.2) is 4.79 Å². The van der Waals surface area contributed by atoms with Crippen molar-refractivity contribution in [2.45, 2.75) is 19.4 Å². The van der Waals surface area contributed by atoms with Crippen LogP contribution in [-0.4, -0.2) is 48.5 Å². The first kappa shape index (κ1) is 16.8. The predicted octanol–water partition coefficient (Wildman–Crippen LogP) is 0.659. The highest BCUT2D eigenvalue weighted by atomic mass is 16.5. The molecule has 21 heavy (non-hydrogen) atoms. The molecule has 3 N–H and O–H groups in total. The maximum atomic E-state index is 11.9. The second kappa shape index (κ2) is 8.11. The Kier molecular flexibility index (Phi) is 6.48. The first-order valence-electron chi connectivity index (χ1n) is 6.49. The highest BCUT2D eigenvalue weighted by Crippen LogP contribution is 2.27. The monoisotopic (exact) mass is 297 g/mol. The maximum Gasteiger partial charge on any atom is 0.332 e. The molecule has 1 aromatic rings. The third-order valence-electron chi connectivity index (χ3n) is 2.71. The lowest BCUT2D eigenvalue weighted by Crippen LogP contribution is -2.30. The second-order valence-electron chi connectivity index (χ2n) is 4.20. The molecular formula is C14H19NO6. The van der Waals surface area contributed by atoms with E-state index >= 15 is 0 Å². The average Bonchev–Trinajstić information content (AvgIpc) is 2.47. The summed E-state index contributed by atoms with van der Waals surface area (Å²) in [6, 6.07) is 4.74. The summed E-state index contributed by atoms with van der Waals surface area (Å²) >= 11 is 0. The number of carbonyl (C=O) groups is 2. The van der Waals surface area contributed by atoms with Crippen molar-refractivity contribution in [2.24, 2.45) is 0 Å². The van der Waals surface area contributed by atoms with Crippen LogP contribution in [0.25, 0.3) is 0 Å². The zero-order valence-corrected chi connectivity index (χ0v) is 12.0. The molecule has 0 aliphatic rings. The Morgan fingerprint density at radius 1 is 1.33 bits per heavy atom. The molecule has 0 unspecified atom stereocenters. The van der Waals surface area contributed by atoms with Gasteiger partial charge in [-0.2, -0.15) is 0 Å². The molecule has 0 heterocycles. The number of benzene rings is 1. The largest absolute Gasteiger partial charge is 0.493 e. The van der Waals surface area contributed by atoms with Crippen LogP contribution in [0.4, 0.5) is 0 Å². The van der Waals surface area contributed by atoms with E-state index in [2.05, 4.69) is 5.32 Å². The van der Waals surface area contributed by atoms with E-state index in [1.807, 2.05) is 6.92 Å². The van der Waals surface area contributed by atoms with Gasteiger partial charge < -0.3 is 25.0 Å². The van der Waals surface area contributed by atoms with Crippen molar-refractivity contribution in [1.82, 2.24) is 5.32 Å². The topological polar surface area (TPSA) is 105 Å². The van der Waals surface area contributed by atoms with Gasteiger partial charge in [0, 0.05) is 18.5 Å². The van der Waals surface area contributed by atoms with Crippen molar-refractivity contribution >= 4 is 11.9 Å². The maximum absolute atomic E-state index is 11.9. The van der Waals surface area contributed by atoms with Crippen molar-refractivity contribution in [3.05, 3.63) is 23.8 Å². The van der Waals surface area contributed by atoms with Gasteiger partial charge in [-0.15, -0.1) is 0 Å². The lowest BCUT2D eigenvalue weighted by molar-refractivity contribution is -0.146. The molecule has 0 saturated carbocycles. The lowest BCUT2D eigenvalue weighted by Gasteiger charge is -2.11. The van der Waals surface area contributed by atoms with Crippen LogP contribution in [0.2, 0.25) is 0 Å². The van der Waals surface area contributed by atoms with Gasteiger partial charge >= 0.3 is 5.97 Å². The van der Waals surface area contributed by atoms with Gasteiger partial charge in [-0.3, -0.25) is 4.79 Å². The molecule has 0 aliphatic heterocycles. The number of aliphatic hydroxyl groups excluding tert-OH is 1. The lowest BCUT2D eigenvalue weighted by atomic mass is 10.2. The summed E-state index contributed by atoms with van der Waals surface area (Å²) in [6.07, 6.45) is -1.55. The molecule has 116 valence electrons. The van der Waals surface area contributed by atoms with Gasteiger partial charge in [0.15, 0.2) is 17.6 Å². The van der Waals surface area contributed by atoms with Crippen molar-refractivity contribution in [3.8, 4) is 11.5 Å². The van der Waals surface area contributed by atoms with Gasteiger partial charge in [0.25, 0.3) is 5.91 Å². The molecule has 1 rings (SSSR count). The molecule has 1 atom stereocenters. The quantitative estimate of drug-likeness (QED) is 0.651. The third kappa shape index (κ3) is 4.96. The fourth-order valence-electron chi connectivity index (χ4n) is 1.63. The van der Waals surface area contributed by atoms with Crippen LogP contribution >= 0.6 is 0 Å². The smallest absolute Gasteiger partial charge is 0.332 e. The minimum Gasteiger partial charge on any atom is -0.493 e. The molecule has 1 amide bonds. The number of hydrogen-bond acceptors (Lipinski definition) is 5. The number of hydrogen-bond donors (Lipinski definition) is 3. The first-order chi connectivity index (χ1) is 9.99. The van der Waals surface area contributed by atoms with Crippen molar-refractivity contribution in [3.63, 3.8) is 0 Å². The van der Waals surface area contributed by atoms with E-state index in [4.69, 9.17) is 19.7 Å². The predicted molar refractivity (Wildman–Crippen MR) is 74.8 cm³/mol. The number of carboxylic acid groups (broad SMARTS) is 1. The number of carbonyl (C=O) groups excluding carboxylic acids is 1. The van der Waals surface area contributed by atoms with Crippen LogP contribution in [-0.2, 0) is 4.79 Å². The van der Waals surface area contributed by atoms with E-state index in [1.165, 1.54) is 7.11 Å². The number of aliphatic carboxylic acids is 1. The number of aliphatic hydroxyl groups is 1. The minimum atomic E-state index is -1.49. The van der Waals surface area contributed by atoms with Crippen LogP contribution in [0, 0.1) is 0 Å². The number of carboxylic acids is 1. The number of methoxy groups -OCH3 is 1. The van der Waals surface area contributed by atoms with Crippen LogP contribution in [0.1, 0.15) is 23.7 Å². The van der Waals surface area contributed by atoms with Crippen molar-refractivity contribution in [2.75, 3.05) is 20.3 Å². The van der Waals surface area contributed by atoms with E-state index in [1.54, 1.807) is 18.2 Å². The SMILES string of the molecule is CCOc1cc(C(=O)NCC[C@H](O)C(=O)O)ccc1OC. The fourth-order valence-corrected chi connectivity index (χ4v) is 1.63. The molecule has 0 radical (unpaired) electrons. The molecule has 0 aliphatic carbocycles.